The summed E-state index contributed by atoms with van der Waals surface area (Å²) in [4.78, 5) is 12.4. The number of hydrogen-bond donors (Lipinski definition) is 3. The second kappa shape index (κ2) is 8.06. The minimum atomic E-state index is -3.69. The molecule has 0 spiro atoms. The zero-order chi connectivity index (χ0) is 20.2. The van der Waals surface area contributed by atoms with Crippen LogP contribution >= 0.6 is 0 Å². The van der Waals surface area contributed by atoms with Gasteiger partial charge in [-0.15, -0.1) is 0 Å². The number of amides is 1. The molecular weight excluding hydrogens is 369 g/mol. The van der Waals surface area contributed by atoms with E-state index in [2.05, 4.69) is 15.4 Å². The van der Waals surface area contributed by atoms with Gasteiger partial charge in [0.25, 0.3) is 0 Å². The highest BCUT2D eigenvalue weighted by atomic mass is 32.2. The van der Waals surface area contributed by atoms with Gasteiger partial charge in [0.15, 0.2) is 0 Å². The van der Waals surface area contributed by atoms with Crippen molar-refractivity contribution in [3.63, 3.8) is 0 Å². The van der Waals surface area contributed by atoms with Gasteiger partial charge in [-0.2, -0.15) is 0 Å². The molecular formula is C19H24FN3O3S. The monoisotopic (exact) mass is 393 g/mol. The van der Waals surface area contributed by atoms with Gasteiger partial charge in [-0.05, 0) is 58.0 Å². The molecule has 2 rings (SSSR count). The predicted molar refractivity (Wildman–Crippen MR) is 105 cm³/mol. The SMILES string of the molecule is C[C@@H](Nc1cccc(S(=O)(=O)NC(C)(C)C)c1)C(=O)Nc1ccccc1F. The summed E-state index contributed by atoms with van der Waals surface area (Å²) in [6, 6.07) is 11.3. The van der Waals surface area contributed by atoms with Gasteiger partial charge in [0.2, 0.25) is 15.9 Å². The summed E-state index contributed by atoms with van der Waals surface area (Å²) in [5.74, 6) is -0.972. The lowest BCUT2D eigenvalue weighted by molar-refractivity contribution is -0.116. The molecule has 0 saturated heterocycles. The van der Waals surface area contributed by atoms with Crippen LogP contribution in [0.1, 0.15) is 27.7 Å². The number of carbonyl (C=O) groups excluding carboxylic acids is 1. The van der Waals surface area contributed by atoms with E-state index < -0.39 is 33.3 Å². The van der Waals surface area contributed by atoms with Crippen LogP contribution in [0.4, 0.5) is 15.8 Å². The van der Waals surface area contributed by atoms with Gasteiger partial charge in [-0.25, -0.2) is 17.5 Å². The van der Waals surface area contributed by atoms with Crippen molar-refractivity contribution in [3.05, 3.63) is 54.3 Å². The van der Waals surface area contributed by atoms with Gasteiger partial charge in [-0.1, -0.05) is 18.2 Å². The van der Waals surface area contributed by atoms with Crippen molar-refractivity contribution < 1.29 is 17.6 Å². The summed E-state index contributed by atoms with van der Waals surface area (Å²) < 4.78 is 41.1. The molecule has 0 unspecified atom stereocenters. The zero-order valence-corrected chi connectivity index (χ0v) is 16.5. The van der Waals surface area contributed by atoms with E-state index in [9.17, 15) is 17.6 Å². The standard InChI is InChI=1S/C19H24FN3O3S/c1-13(18(24)22-17-11-6-5-10-16(17)20)21-14-8-7-9-15(12-14)27(25,26)23-19(2,3)4/h5-13,21,23H,1-4H3,(H,22,24)/t13-/m1/s1. The lowest BCUT2D eigenvalue weighted by Gasteiger charge is -2.21. The Labute approximate surface area is 159 Å². The number of rotatable bonds is 6. The number of halogens is 1. The smallest absolute Gasteiger partial charge is 0.246 e. The second-order valence-electron chi connectivity index (χ2n) is 7.22. The molecule has 0 heterocycles. The van der Waals surface area contributed by atoms with Gasteiger partial charge >= 0.3 is 0 Å². The van der Waals surface area contributed by atoms with Crippen LogP contribution in [-0.4, -0.2) is 25.9 Å². The topological polar surface area (TPSA) is 87.3 Å². The Kier molecular flexibility index (Phi) is 6.22. The Balaban J connectivity index is 2.11. The molecule has 0 fully saturated rings. The van der Waals surface area contributed by atoms with E-state index in [0.717, 1.165) is 0 Å². The van der Waals surface area contributed by atoms with Crippen LogP contribution in [0.2, 0.25) is 0 Å². The first-order valence-electron chi connectivity index (χ1n) is 8.44. The first-order chi connectivity index (χ1) is 12.5. The molecule has 8 heteroatoms. The lowest BCUT2D eigenvalue weighted by Crippen LogP contribution is -2.40. The highest BCUT2D eigenvalue weighted by molar-refractivity contribution is 7.89. The Bertz CT molecular complexity index is 924. The minimum absolute atomic E-state index is 0.0851. The molecule has 0 aliphatic rings. The summed E-state index contributed by atoms with van der Waals surface area (Å²) in [5.41, 5.74) is -0.0697. The van der Waals surface area contributed by atoms with Crippen molar-refractivity contribution in [2.75, 3.05) is 10.6 Å². The van der Waals surface area contributed by atoms with Crippen LogP contribution in [0.5, 0.6) is 0 Å². The third-order valence-corrected chi connectivity index (χ3v) is 5.25. The van der Waals surface area contributed by atoms with Crippen LogP contribution in [0, 0.1) is 5.82 Å². The van der Waals surface area contributed by atoms with Crippen molar-refractivity contribution in [1.29, 1.82) is 0 Å². The van der Waals surface area contributed by atoms with E-state index in [1.165, 1.54) is 30.3 Å². The van der Waals surface area contributed by atoms with Gasteiger partial charge in [-0.3, -0.25) is 4.79 Å². The fourth-order valence-electron chi connectivity index (χ4n) is 2.33. The number of benzene rings is 2. The average Bonchev–Trinajstić information content (AvgIpc) is 2.55. The molecule has 0 aromatic heterocycles. The fourth-order valence-corrected chi connectivity index (χ4v) is 3.80. The molecule has 0 radical (unpaired) electrons. The maximum absolute atomic E-state index is 13.7. The van der Waals surface area contributed by atoms with Gasteiger partial charge in [0.05, 0.1) is 10.6 Å². The van der Waals surface area contributed by atoms with Crippen molar-refractivity contribution in [2.24, 2.45) is 0 Å². The summed E-state index contributed by atoms with van der Waals surface area (Å²) in [5, 5.41) is 5.43. The van der Waals surface area contributed by atoms with E-state index >= 15 is 0 Å². The maximum atomic E-state index is 13.7. The van der Waals surface area contributed by atoms with Crippen molar-refractivity contribution in [2.45, 2.75) is 44.2 Å². The predicted octanol–water partition coefficient (Wildman–Crippen LogP) is 3.34. The minimum Gasteiger partial charge on any atom is -0.374 e. The number of anilines is 2. The van der Waals surface area contributed by atoms with Gasteiger partial charge < -0.3 is 10.6 Å². The fraction of sp³-hybridized carbons (Fsp3) is 0.316. The number of hydrogen-bond acceptors (Lipinski definition) is 4. The third kappa shape index (κ3) is 6.04. The van der Waals surface area contributed by atoms with Crippen LogP contribution in [0.3, 0.4) is 0 Å². The molecule has 0 saturated carbocycles. The lowest BCUT2D eigenvalue weighted by atomic mass is 10.1. The van der Waals surface area contributed by atoms with Crippen LogP contribution < -0.4 is 15.4 Å². The van der Waals surface area contributed by atoms with Crippen molar-refractivity contribution >= 4 is 27.3 Å². The molecule has 0 aliphatic heterocycles. The molecule has 0 bridgehead atoms. The van der Waals surface area contributed by atoms with E-state index in [0.29, 0.717) is 5.69 Å². The molecule has 2 aromatic carbocycles. The molecule has 6 nitrogen and oxygen atoms in total. The highest BCUT2D eigenvalue weighted by Crippen LogP contribution is 2.19. The first-order valence-corrected chi connectivity index (χ1v) is 9.92. The van der Waals surface area contributed by atoms with Crippen LogP contribution in [0.15, 0.2) is 53.4 Å². The van der Waals surface area contributed by atoms with Crippen LogP contribution in [0.25, 0.3) is 0 Å². The van der Waals surface area contributed by atoms with E-state index in [4.69, 9.17) is 0 Å². The summed E-state index contributed by atoms with van der Waals surface area (Å²) in [6.07, 6.45) is 0. The number of para-hydroxylation sites is 1. The molecule has 27 heavy (non-hydrogen) atoms. The zero-order valence-electron chi connectivity index (χ0n) is 15.7. The largest absolute Gasteiger partial charge is 0.374 e. The normalized spacial score (nSPS) is 13.1. The van der Waals surface area contributed by atoms with E-state index in [1.807, 2.05) is 0 Å². The van der Waals surface area contributed by atoms with Gasteiger partial charge in [0, 0.05) is 11.2 Å². The molecule has 2 aromatic rings. The molecule has 146 valence electrons. The highest BCUT2D eigenvalue weighted by Gasteiger charge is 2.22. The Morgan fingerprint density at radius 3 is 2.37 bits per heavy atom. The maximum Gasteiger partial charge on any atom is 0.246 e. The third-order valence-electron chi connectivity index (χ3n) is 3.49. The van der Waals surface area contributed by atoms with E-state index in [1.54, 1.807) is 45.9 Å². The molecule has 0 aliphatic carbocycles. The Hall–Kier alpha value is -2.45. The van der Waals surface area contributed by atoms with Gasteiger partial charge in [0.1, 0.15) is 11.9 Å². The summed E-state index contributed by atoms with van der Waals surface area (Å²) in [6.45, 7) is 6.86. The van der Waals surface area contributed by atoms with Crippen molar-refractivity contribution in [3.8, 4) is 0 Å². The number of sulfonamides is 1. The summed E-state index contributed by atoms with van der Waals surface area (Å²) in [7, 11) is -3.69. The molecule has 1 atom stereocenters. The average molecular weight is 393 g/mol. The number of carbonyl (C=O) groups is 1. The quantitative estimate of drug-likeness (QED) is 0.702. The molecule has 3 N–H and O–H groups in total. The van der Waals surface area contributed by atoms with Crippen molar-refractivity contribution in [1.82, 2.24) is 4.72 Å². The summed E-state index contributed by atoms with van der Waals surface area (Å²) >= 11 is 0. The number of nitrogens with one attached hydrogen (secondary N) is 3. The molecule has 1 amide bonds. The second-order valence-corrected chi connectivity index (χ2v) is 8.90. The Morgan fingerprint density at radius 1 is 1.07 bits per heavy atom. The Morgan fingerprint density at radius 2 is 1.74 bits per heavy atom. The first kappa shape index (κ1) is 20.9. The van der Waals surface area contributed by atoms with E-state index in [-0.39, 0.29) is 10.6 Å². The van der Waals surface area contributed by atoms with Crippen LogP contribution in [-0.2, 0) is 14.8 Å².